The molecule has 0 bridgehead atoms. The van der Waals surface area contributed by atoms with Gasteiger partial charge in [0, 0.05) is 6.42 Å². The molecule has 0 saturated heterocycles. The van der Waals surface area contributed by atoms with Crippen LogP contribution in [0, 0.1) is 6.92 Å². The molecule has 5 heteroatoms. The fourth-order valence-electron chi connectivity index (χ4n) is 3.54. The molecule has 29 heavy (non-hydrogen) atoms. The summed E-state index contributed by atoms with van der Waals surface area (Å²) in [5.41, 5.74) is 5.92. The summed E-state index contributed by atoms with van der Waals surface area (Å²) in [4.78, 5) is 10.8. The van der Waals surface area contributed by atoms with Gasteiger partial charge in [0.2, 0.25) is 0 Å². The molecular weight excluding hydrogens is 371 g/mol. The number of aliphatic carboxylic acids is 1. The minimum atomic E-state index is -1.19. The van der Waals surface area contributed by atoms with E-state index < -0.39 is 12.1 Å². The van der Waals surface area contributed by atoms with E-state index in [-0.39, 0.29) is 6.42 Å². The molecule has 2 aromatic carbocycles. The van der Waals surface area contributed by atoms with Gasteiger partial charge in [0.25, 0.3) is 0 Å². The van der Waals surface area contributed by atoms with E-state index in [2.05, 4.69) is 31.2 Å². The molecule has 0 saturated carbocycles. The molecule has 1 atom stereocenters. The highest BCUT2D eigenvalue weighted by atomic mass is 19.1. The zero-order valence-corrected chi connectivity index (χ0v) is 16.9. The second-order valence-corrected chi connectivity index (χ2v) is 7.41. The highest BCUT2D eigenvalue weighted by molar-refractivity contribution is 5.70. The number of hydrogen-bond acceptors (Lipinski definition) is 3. The van der Waals surface area contributed by atoms with Gasteiger partial charge in [-0.05, 0) is 66.7 Å². The molecule has 0 spiro atoms. The van der Waals surface area contributed by atoms with Gasteiger partial charge < -0.3 is 14.6 Å². The SMILES string of the molecule is Cc1ccc(C2=C(COc3ccc(CCC(=O)O)c(C(C)F)c3)COCC2)cc1. The maximum atomic E-state index is 14.1. The monoisotopic (exact) mass is 398 g/mol. The highest BCUT2D eigenvalue weighted by Gasteiger charge is 2.17. The van der Waals surface area contributed by atoms with Crippen molar-refractivity contribution in [3.8, 4) is 5.75 Å². The minimum Gasteiger partial charge on any atom is -0.489 e. The predicted octanol–water partition coefficient (Wildman–Crippen LogP) is 5.30. The molecule has 0 amide bonds. The summed E-state index contributed by atoms with van der Waals surface area (Å²) in [7, 11) is 0. The van der Waals surface area contributed by atoms with E-state index in [1.54, 1.807) is 18.2 Å². The van der Waals surface area contributed by atoms with Crippen molar-refractivity contribution in [3.05, 3.63) is 70.3 Å². The van der Waals surface area contributed by atoms with E-state index in [0.29, 0.717) is 43.1 Å². The number of carboxylic acids is 1. The van der Waals surface area contributed by atoms with E-state index in [1.807, 2.05) is 0 Å². The number of ether oxygens (including phenoxy) is 2. The van der Waals surface area contributed by atoms with Crippen molar-refractivity contribution in [2.75, 3.05) is 19.8 Å². The van der Waals surface area contributed by atoms with Crippen molar-refractivity contribution in [2.45, 2.75) is 39.3 Å². The van der Waals surface area contributed by atoms with Crippen LogP contribution in [0.4, 0.5) is 4.39 Å². The van der Waals surface area contributed by atoms with E-state index in [0.717, 1.165) is 12.0 Å². The fourth-order valence-corrected chi connectivity index (χ4v) is 3.54. The summed E-state index contributed by atoms with van der Waals surface area (Å²) in [6.07, 6.45) is -0.0784. The average Bonchev–Trinajstić information content (AvgIpc) is 2.71. The number of carboxylic acid groups (broad SMARTS) is 1. The van der Waals surface area contributed by atoms with Crippen molar-refractivity contribution in [3.63, 3.8) is 0 Å². The highest BCUT2D eigenvalue weighted by Crippen LogP contribution is 2.30. The third-order valence-corrected chi connectivity index (χ3v) is 5.17. The first kappa shape index (κ1) is 21.1. The van der Waals surface area contributed by atoms with Crippen LogP contribution < -0.4 is 4.74 Å². The fraction of sp³-hybridized carbons (Fsp3) is 0.375. The zero-order chi connectivity index (χ0) is 20.8. The number of alkyl halides is 1. The molecular formula is C24H27FO4. The van der Waals surface area contributed by atoms with Crippen LogP contribution in [0.1, 0.15) is 48.2 Å². The number of hydrogen-bond donors (Lipinski definition) is 1. The standard InChI is InChI=1S/C24H27FO4/c1-16-3-5-18(6-4-16)22-11-12-28-14-20(22)15-29-21-9-7-19(8-10-24(26)27)23(13-21)17(2)25/h3-7,9,13,17H,8,10-12,14-15H2,1-2H3,(H,26,27). The molecule has 1 aliphatic heterocycles. The number of rotatable bonds is 8. The molecule has 2 aromatic rings. The van der Waals surface area contributed by atoms with Crippen molar-refractivity contribution in [1.82, 2.24) is 0 Å². The van der Waals surface area contributed by atoms with Crippen LogP contribution in [0.5, 0.6) is 5.75 Å². The Hall–Kier alpha value is -2.66. The van der Waals surface area contributed by atoms with Gasteiger partial charge in [-0.1, -0.05) is 35.9 Å². The largest absolute Gasteiger partial charge is 0.489 e. The Labute approximate surface area is 171 Å². The van der Waals surface area contributed by atoms with Crippen molar-refractivity contribution >= 4 is 11.5 Å². The van der Waals surface area contributed by atoms with Crippen LogP contribution in [0.3, 0.4) is 0 Å². The van der Waals surface area contributed by atoms with Crippen LogP contribution in [-0.2, 0) is 16.0 Å². The van der Waals surface area contributed by atoms with E-state index in [1.165, 1.54) is 23.6 Å². The van der Waals surface area contributed by atoms with Gasteiger partial charge in [-0.2, -0.15) is 0 Å². The maximum Gasteiger partial charge on any atom is 0.303 e. The van der Waals surface area contributed by atoms with Crippen LogP contribution >= 0.6 is 0 Å². The summed E-state index contributed by atoms with van der Waals surface area (Å²) >= 11 is 0. The van der Waals surface area contributed by atoms with Gasteiger partial charge in [-0.15, -0.1) is 0 Å². The lowest BCUT2D eigenvalue weighted by atomic mass is 9.95. The molecule has 4 nitrogen and oxygen atoms in total. The molecule has 1 aliphatic rings. The molecule has 0 aromatic heterocycles. The number of benzene rings is 2. The average molecular weight is 398 g/mol. The predicted molar refractivity (Wildman–Crippen MR) is 111 cm³/mol. The van der Waals surface area contributed by atoms with E-state index in [9.17, 15) is 9.18 Å². The second-order valence-electron chi connectivity index (χ2n) is 7.41. The molecule has 154 valence electrons. The van der Waals surface area contributed by atoms with Crippen LogP contribution in [0.15, 0.2) is 48.0 Å². The Balaban J connectivity index is 1.77. The maximum absolute atomic E-state index is 14.1. The molecule has 0 radical (unpaired) electrons. The smallest absolute Gasteiger partial charge is 0.303 e. The Morgan fingerprint density at radius 2 is 2.00 bits per heavy atom. The van der Waals surface area contributed by atoms with Crippen LogP contribution in [0.2, 0.25) is 0 Å². The Morgan fingerprint density at radius 3 is 2.69 bits per heavy atom. The molecule has 1 unspecified atom stereocenters. The third-order valence-electron chi connectivity index (χ3n) is 5.17. The summed E-state index contributed by atoms with van der Waals surface area (Å²) in [5, 5.41) is 8.89. The van der Waals surface area contributed by atoms with Crippen molar-refractivity contribution < 1.29 is 23.8 Å². The van der Waals surface area contributed by atoms with E-state index >= 15 is 0 Å². The molecule has 1 N–H and O–H groups in total. The number of aryl methyl sites for hydroxylation is 2. The third kappa shape index (κ3) is 5.67. The zero-order valence-electron chi connectivity index (χ0n) is 16.9. The van der Waals surface area contributed by atoms with Gasteiger partial charge in [-0.3, -0.25) is 4.79 Å². The van der Waals surface area contributed by atoms with Gasteiger partial charge >= 0.3 is 5.97 Å². The number of halogens is 1. The topological polar surface area (TPSA) is 55.8 Å². The summed E-state index contributed by atoms with van der Waals surface area (Å²) in [5.74, 6) is -0.319. The normalized spacial score (nSPS) is 15.3. The first-order valence-electron chi connectivity index (χ1n) is 9.91. The lowest BCUT2D eigenvalue weighted by molar-refractivity contribution is -0.136. The summed E-state index contributed by atoms with van der Waals surface area (Å²) in [6, 6.07) is 13.7. The molecule has 3 rings (SSSR count). The first-order chi connectivity index (χ1) is 13.9. The lowest BCUT2D eigenvalue weighted by Crippen LogP contribution is -2.16. The van der Waals surface area contributed by atoms with Crippen molar-refractivity contribution in [2.24, 2.45) is 0 Å². The van der Waals surface area contributed by atoms with Crippen LogP contribution in [0.25, 0.3) is 5.57 Å². The lowest BCUT2D eigenvalue weighted by Gasteiger charge is -2.22. The molecule has 0 aliphatic carbocycles. The van der Waals surface area contributed by atoms with Gasteiger partial charge in [-0.25, -0.2) is 4.39 Å². The second kappa shape index (κ2) is 9.70. The number of carbonyl (C=O) groups is 1. The summed E-state index contributed by atoms with van der Waals surface area (Å²) < 4.78 is 25.7. The van der Waals surface area contributed by atoms with Gasteiger partial charge in [0.05, 0.1) is 13.2 Å². The Morgan fingerprint density at radius 1 is 1.24 bits per heavy atom. The van der Waals surface area contributed by atoms with Gasteiger partial charge in [0.15, 0.2) is 0 Å². The van der Waals surface area contributed by atoms with Crippen molar-refractivity contribution in [1.29, 1.82) is 0 Å². The van der Waals surface area contributed by atoms with Gasteiger partial charge in [0.1, 0.15) is 18.5 Å². The Bertz CT molecular complexity index is 884. The quantitative estimate of drug-likeness (QED) is 0.656. The first-order valence-corrected chi connectivity index (χ1v) is 9.91. The summed E-state index contributed by atoms with van der Waals surface area (Å²) in [6.45, 7) is 5.10. The molecule has 1 heterocycles. The minimum absolute atomic E-state index is 0.0238. The molecule has 0 fully saturated rings. The van der Waals surface area contributed by atoms with E-state index in [4.69, 9.17) is 14.6 Å². The van der Waals surface area contributed by atoms with Crippen LogP contribution in [-0.4, -0.2) is 30.9 Å². The Kier molecular flexibility index (Phi) is 7.04.